The predicted octanol–water partition coefficient (Wildman–Crippen LogP) is 2.15. The molecule has 1 aliphatic rings. The van der Waals surface area contributed by atoms with Gasteiger partial charge in [-0.3, -0.25) is 9.59 Å². The minimum atomic E-state index is -0.418. The Kier molecular flexibility index (Phi) is 4.21. The smallest absolute Gasteiger partial charge is 0.239 e. The van der Waals surface area contributed by atoms with Crippen molar-refractivity contribution in [1.29, 1.82) is 0 Å². The first-order valence-electron chi connectivity index (χ1n) is 5.83. The Morgan fingerprint density at radius 2 is 2.00 bits per heavy atom. The topological polar surface area (TPSA) is 58.2 Å². The van der Waals surface area contributed by atoms with Crippen LogP contribution < -0.4 is 10.6 Å². The minimum Gasteiger partial charge on any atom is -0.326 e. The highest BCUT2D eigenvalue weighted by Crippen LogP contribution is 2.23. The van der Waals surface area contributed by atoms with E-state index in [0.29, 0.717) is 4.32 Å². The number of hydrogen-bond donors (Lipinski definition) is 2. The molecule has 1 aromatic carbocycles. The molecule has 0 bridgehead atoms. The monoisotopic (exact) mass is 294 g/mol. The molecule has 2 amide bonds. The molecule has 0 radical (unpaired) electrons. The van der Waals surface area contributed by atoms with Gasteiger partial charge in [-0.15, -0.1) is 0 Å². The van der Waals surface area contributed by atoms with Crippen LogP contribution in [0.5, 0.6) is 0 Å². The van der Waals surface area contributed by atoms with E-state index in [1.807, 2.05) is 32.0 Å². The summed E-state index contributed by atoms with van der Waals surface area (Å²) in [5.74, 6) is -0.368. The van der Waals surface area contributed by atoms with Crippen molar-refractivity contribution in [3.05, 3.63) is 29.3 Å². The van der Waals surface area contributed by atoms with Crippen LogP contribution in [0.25, 0.3) is 0 Å². The van der Waals surface area contributed by atoms with E-state index >= 15 is 0 Å². The van der Waals surface area contributed by atoms with Crippen molar-refractivity contribution >= 4 is 45.8 Å². The van der Waals surface area contributed by atoms with Crippen LogP contribution in [0.2, 0.25) is 0 Å². The number of anilines is 1. The van der Waals surface area contributed by atoms with E-state index in [2.05, 4.69) is 10.6 Å². The second-order valence-electron chi connectivity index (χ2n) is 4.51. The molecule has 0 aromatic heterocycles. The van der Waals surface area contributed by atoms with Crippen molar-refractivity contribution in [3.8, 4) is 0 Å². The van der Waals surface area contributed by atoms with Crippen molar-refractivity contribution in [1.82, 2.24) is 5.32 Å². The second kappa shape index (κ2) is 5.71. The molecule has 6 heteroatoms. The number of hydrogen-bond acceptors (Lipinski definition) is 4. The Morgan fingerprint density at radius 3 is 2.53 bits per heavy atom. The predicted molar refractivity (Wildman–Crippen MR) is 81.3 cm³/mol. The quantitative estimate of drug-likeness (QED) is 0.839. The van der Waals surface area contributed by atoms with Crippen molar-refractivity contribution in [2.24, 2.45) is 0 Å². The molecule has 2 rings (SSSR count). The van der Waals surface area contributed by atoms with Crippen LogP contribution in [0, 0.1) is 13.8 Å². The van der Waals surface area contributed by atoms with Gasteiger partial charge in [0, 0.05) is 12.1 Å². The lowest BCUT2D eigenvalue weighted by Crippen LogP contribution is -2.27. The van der Waals surface area contributed by atoms with Crippen LogP contribution in [0.15, 0.2) is 18.2 Å². The first-order valence-corrected chi connectivity index (χ1v) is 7.12. The molecule has 19 heavy (non-hydrogen) atoms. The van der Waals surface area contributed by atoms with Gasteiger partial charge in [-0.2, -0.15) is 0 Å². The summed E-state index contributed by atoms with van der Waals surface area (Å²) in [6.07, 6.45) is 0.129. The summed E-state index contributed by atoms with van der Waals surface area (Å²) < 4.78 is 0.439. The molecule has 1 atom stereocenters. The molecule has 1 saturated heterocycles. The van der Waals surface area contributed by atoms with Gasteiger partial charge in [0.15, 0.2) is 0 Å². The van der Waals surface area contributed by atoms with Crippen molar-refractivity contribution in [2.75, 3.05) is 5.32 Å². The van der Waals surface area contributed by atoms with Gasteiger partial charge in [-0.1, -0.05) is 30.0 Å². The highest BCUT2D eigenvalue weighted by Gasteiger charge is 2.30. The van der Waals surface area contributed by atoms with E-state index in [0.717, 1.165) is 16.8 Å². The van der Waals surface area contributed by atoms with Gasteiger partial charge in [-0.05, 0) is 37.1 Å². The molecule has 0 spiro atoms. The van der Waals surface area contributed by atoms with Crippen LogP contribution in [0.3, 0.4) is 0 Å². The Bertz CT molecular complexity index is 537. The molecule has 4 nitrogen and oxygen atoms in total. The number of nitrogens with one attached hydrogen (secondary N) is 2. The van der Waals surface area contributed by atoms with Gasteiger partial charge in [0.1, 0.15) is 4.32 Å². The van der Waals surface area contributed by atoms with Gasteiger partial charge >= 0.3 is 0 Å². The Morgan fingerprint density at radius 1 is 1.37 bits per heavy atom. The molecule has 1 fully saturated rings. The zero-order valence-electron chi connectivity index (χ0n) is 10.6. The van der Waals surface area contributed by atoms with Crippen molar-refractivity contribution in [2.45, 2.75) is 25.5 Å². The molecular formula is C13H14N2O2S2. The zero-order valence-corrected chi connectivity index (χ0v) is 12.3. The fourth-order valence-corrected chi connectivity index (χ4v) is 3.22. The van der Waals surface area contributed by atoms with E-state index in [9.17, 15) is 9.59 Å². The van der Waals surface area contributed by atoms with Crippen LogP contribution in [0.4, 0.5) is 5.69 Å². The van der Waals surface area contributed by atoms with Crippen LogP contribution >= 0.6 is 24.0 Å². The largest absolute Gasteiger partial charge is 0.326 e. The van der Waals surface area contributed by atoms with E-state index in [4.69, 9.17) is 12.2 Å². The van der Waals surface area contributed by atoms with Gasteiger partial charge in [0.2, 0.25) is 11.8 Å². The number of amides is 2. The highest BCUT2D eigenvalue weighted by molar-refractivity contribution is 8.24. The highest BCUT2D eigenvalue weighted by atomic mass is 32.2. The number of aryl methyl sites for hydroxylation is 2. The lowest BCUT2D eigenvalue weighted by molar-refractivity contribution is -0.122. The third kappa shape index (κ3) is 3.78. The van der Waals surface area contributed by atoms with E-state index in [1.54, 1.807) is 0 Å². The second-order valence-corrected chi connectivity index (χ2v) is 6.39. The summed E-state index contributed by atoms with van der Waals surface area (Å²) in [6, 6.07) is 5.84. The number of carbonyl (C=O) groups excluding carboxylic acids is 2. The van der Waals surface area contributed by atoms with Gasteiger partial charge < -0.3 is 10.6 Å². The number of carbonyl (C=O) groups is 2. The minimum absolute atomic E-state index is 0.129. The number of benzene rings is 1. The number of thiocarbonyl (C=S) groups is 1. The Balaban J connectivity index is 1.98. The van der Waals surface area contributed by atoms with Gasteiger partial charge in [-0.25, -0.2) is 0 Å². The summed E-state index contributed by atoms with van der Waals surface area (Å²) >= 11 is 6.12. The molecule has 0 unspecified atom stereocenters. The Hall–Kier alpha value is -1.40. The molecule has 1 heterocycles. The zero-order chi connectivity index (χ0) is 14.0. The SMILES string of the molecule is Cc1cc(C)cc(NC(=O)C[C@H]2SC(=S)NC2=O)c1. The first kappa shape index (κ1) is 14.0. The third-order valence-corrected chi connectivity index (χ3v) is 4.02. The molecule has 100 valence electrons. The van der Waals surface area contributed by atoms with Crippen LogP contribution in [-0.4, -0.2) is 21.4 Å². The standard InChI is InChI=1S/C13H14N2O2S2/c1-7-3-8(2)5-9(4-7)14-11(16)6-10-12(17)15-13(18)19-10/h3-5,10H,6H2,1-2H3,(H,14,16)(H,15,17,18)/t10-/m1/s1. The molecular weight excluding hydrogens is 280 g/mol. The van der Waals surface area contributed by atoms with Crippen LogP contribution in [0.1, 0.15) is 17.5 Å². The van der Waals surface area contributed by atoms with E-state index < -0.39 is 5.25 Å². The fourth-order valence-electron chi connectivity index (χ4n) is 1.95. The normalized spacial score (nSPS) is 18.3. The number of rotatable bonds is 3. The van der Waals surface area contributed by atoms with Gasteiger partial charge in [0.05, 0.1) is 5.25 Å². The summed E-state index contributed by atoms with van der Waals surface area (Å²) in [5.41, 5.74) is 2.93. The van der Waals surface area contributed by atoms with Crippen LogP contribution in [-0.2, 0) is 9.59 Å². The summed E-state index contributed by atoms with van der Waals surface area (Å²) in [4.78, 5) is 23.4. The average molecular weight is 294 g/mol. The lowest BCUT2D eigenvalue weighted by atomic mass is 10.1. The van der Waals surface area contributed by atoms with Crippen molar-refractivity contribution in [3.63, 3.8) is 0 Å². The third-order valence-electron chi connectivity index (χ3n) is 2.64. The maximum atomic E-state index is 11.9. The number of thioether (sulfide) groups is 1. The maximum absolute atomic E-state index is 11.9. The fraction of sp³-hybridized carbons (Fsp3) is 0.308. The van der Waals surface area contributed by atoms with Gasteiger partial charge in [0.25, 0.3) is 0 Å². The van der Waals surface area contributed by atoms with E-state index in [1.165, 1.54) is 11.8 Å². The molecule has 0 saturated carbocycles. The molecule has 2 N–H and O–H groups in total. The molecule has 0 aliphatic carbocycles. The van der Waals surface area contributed by atoms with E-state index in [-0.39, 0.29) is 18.2 Å². The van der Waals surface area contributed by atoms with Crippen molar-refractivity contribution < 1.29 is 9.59 Å². The average Bonchev–Trinajstić information content (AvgIpc) is 2.55. The molecule has 1 aliphatic heterocycles. The molecule has 1 aromatic rings. The Labute approximate surface area is 121 Å². The summed E-state index contributed by atoms with van der Waals surface area (Å²) in [6.45, 7) is 3.95. The maximum Gasteiger partial charge on any atom is 0.239 e. The summed E-state index contributed by atoms with van der Waals surface area (Å²) in [5, 5.41) is 4.92. The summed E-state index contributed by atoms with van der Waals surface area (Å²) in [7, 11) is 0. The first-order chi connectivity index (χ1) is 8.94. The lowest BCUT2D eigenvalue weighted by Gasteiger charge is -2.09.